The summed E-state index contributed by atoms with van der Waals surface area (Å²) in [5, 5.41) is 19.9. The Morgan fingerprint density at radius 2 is 2.23 bits per heavy atom. The predicted octanol–water partition coefficient (Wildman–Crippen LogP) is 0.838. The lowest BCUT2D eigenvalue weighted by molar-refractivity contribution is -0.384. The van der Waals surface area contributed by atoms with Gasteiger partial charge in [0.05, 0.1) is 17.4 Å². The van der Waals surface area contributed by atoms with Gasteiger partial charge in [-0.25, -0.2) is 4.79 Å². The number of nitro benzene ring substituents is 1. The highest BCUT2D eigenvalue weighted by atomic mass is 16.6. The van der Waals surface area contributed by atoms with Crippen LogP contribution in [0.2, 0.25) is 0 Å². The smallest absolute Gasteiger partial charge is 0.326 e. The summed E-state index contributed by atoms with van der Waals surface area (Å²) in [4.78, 5) is 35.0. The van der Waals surface area contributed by atoms with Crippen LogP contribution in [0.1, 0.15) is 12.0 Å². The van der Waals surface area contributed by atoms with Crippen molar-refractivity contribution in [1.29, 1.82) is 0 Å². The summed E-state index contributed by atoms with van der Waals surface area (Å²) < 4.78 is 5.13. The van der Waals surface area contributed by atoms with Gasteiger partial charge >= 0.3 is 5.97 Å². The standard InChI is InChI=1S/C14H16N2O6/c1-22-11-7-12(14(18)19)15(8-11)13(17)6-9-3-2-4-10(5-9)16(20)21/h2-5,11-12H,6-8H2,1H3,(H,18,19). The molecule has 118 valence electrons. The number of nitro groups is 1. The molecular formula is C14H16N2O6. The molecule has 22 heavy (non-hydrogen) atoms. The van der Waals surface area contributed by atoms with Crippen molar-refractivity contribution in [3.8, 4) is 0 Å². The summed E-state index contributed by atoms with van der Waals surface area (Å²) >= 11 is 0. The van der Waals surface area contributed by atoms with Crippen LogP contribution in [0.3, 0.4) is 0 Å². The van der Waals surface area contributed by atoms with Crippen molar-refractivity contribution in [1.82, 2.24) is 4.90 Å². The number of carbonyl (C=O) groups is 2. The number of nitrogens with zero attached hydrogens (tertiary/aromatic N) is 2. The van der Waals surface area contributed by atoms with Crippen molar-refractivity contribution in [2.24, 2.45) is 0 Å². The maximum atomic E-state index is 12.3. The third-order valence-electron chi connectivity index (χ3n) is 3.68. The lowest BCUT2D eigenvalue weighted by Crippen LogP contribution is -2.41. The maximum Gasteiger partial charge on any atom is 0.326 e. The zero-order valence-corrected chi connectivity index (χ0v) is 12.0. The van der Waals surface area contributed by atoms with Crippen LogP contribution in [0.4, 0.5) is 5.69 Å². The van der Waals surface area contributed by atoms with Gasteiger partial charge < -0.3 is 14.7 Å². The number of carboxylic acids is 1. The van der Waals surface area contributed by atoms with E-state index in [1.807, 2.05) is 0 Å². The first-order valence-electron chi connectivity index (χ1n) is 6.70. The number of rotatable bonds is 5. The van der Waals surface area contributed by atoms with Crippen LogP contribution in [0.15, 0.2) is 24.3 Å². The molecule has 1 saturated heterocycles. The molecule has 1 fully saturated rings. The Bertz CT molecular complexity index is 603. The van der Waals surface area contributed by atoms with Crippen molar-refractivity contribution in [2.45, 2.75) is 25.0 Å². The van der Waals surface area contributed by atoms with Gasteiger partial charge in [-0.1, -0.05) is 12.1 Å². The normalized spacial score (nSPS) is 20.9. The van der Waals surface area contributed by atoms with Gasteiger partial charge in [-0.2, -0.15) is 0 Å². The number of likely N-dealkylation sites (tertiary alicyclic amines) is 1. The minimum atomic E-state index is -1.08. The summed E-state index contributed by atoms with van der Waals surface area (Å²) in [6, 6.07) is 4.83. The molecule has 0 radical (unpaired) electrons. The van der Waals surface area contributed by atoms with E-state index in [2.05, 4.69) is 0 Å². The highest BCUT2D eigenvalue weighted by Crippen LogP contribution is 2.22. The highest BCUT2D eigenvalue weighted by Gasteiger charge is 2.39. The van der Waals surface area contributed by atoms with E-state index in [9.17, 15) is 24.8 Å². The van der Waals surface area contributed by atoms with Crippen LogP contribution in [0, 0.1) is 10.1 Å². The van der Waals surface area contributed by atoms with Crippen molar-refractivity contribution >= 4 is 17.6 Å². The molecular weight excluding hydrogens is 292 g/mol. The van der Waals surface area contributed by atoms with Crippen LogP contribution < -0.4 is 0 Å². The fraction of sp³-hybridized carbons (Fsp3) is 0.429. The van der Waals surface area contributed by atoms with Crippen LogP contribution in [0.5, 0.6) is 0 Å². The van der Waals surface area contributed by atoms with Gasteiger partial charge in [0, 0.05) is 32.2 Å². The Morgan fingerprint density at radius 3 is 2.82 bits per heavy atom. The Hall–Kier alpha value is -2.48. The number of ether oxygens (including phenoxy) is 1. The number of hydrogen-bond donors (Lipinski definition) is 1. The van der Waals surface area contributed by atoms with Gasteiger partial charge in [-0.3, -0.25) is 14.9 Å². The molecule has 2 atom stereocenters. The Kier molecular flexibility index (Phi) is 4.71. The number of carboxylic acid groups (broad SMARTS) is 1. The summed E-state index contributed by atoms with van der Waals surface area (Å²) in [6.45, 7) is 0.210. The first-order valence-corrected chi connectivity index (χ1v) is 6.70. The summed E-state index contributed by atoms with van der Waals surface area (Å²) in [6.07, 6.45) is -0.149. The summed E-state index contributed by atoms with van der Waals surface area (Å²) in [7, 11) is 1.47. The number of non-ortho nitro benzene ring substituents is 1. The molecule has 1 aromatic rings. The first-order chi connectivity index (χ1) is 10.4. The summed E-state index contributed by atoms with van der Waals surface area (Å²) in [5.41, 5.74) is 0.375. The number of aliphatic carboxylic acids is 1. The molecule has 1 aliphatic heterocycles. The second-order valence-corrected chi connectivity index (χ2v) is 5.10. The molecule has 0 spiro atoms. The summed E-state index contributed by atoms with van der Waals surface area (Å²) in [5.74, 6) is -1.46. The van der Waals surface area contributed by atoms with Gasteiger partial charge in [0.25, 0.3) is 5.69 Å². The molecule has 0 aliphatic carbocycles. The average Bonchev–Trinajstić information content (AvgIpc) is 2.92. The van der Waals surface area contributed by atoms with E-state index >= 15 is 0 Å². The fourth-order valence-corrected chi connectivity index (χ4v) is 2.53. The molecule has 0 saturated carbocycles. The van der Waals surface area contributed by atoms with Gasteiger partial charge in [0.2, 0.25) is 5.91 Å². The number of benzene rings is 1. The van der Waals surface area contributed by atoms with Gasteiger partial charge in [0.15, 0.2) is 0 Å². The van der Waals surface area contributed by atoms with E-state index in [0.29, 0.717) is 5.56 Å². The molecule has 2 unspecified atom stereocenters. The molecule has 2 rings (SSSR count). The topological polar surface area (TPSA) is 110 Å². The third-order valence-corrected chi connectivity index (χ3v) is 3.68. The van der Waals surface area contributed by atoms with Crippen molar-refractivity contribution in [3.63, 3.8) is 0 Å². The second-order valence-electron chi connectivity index (χ2n) is 5.10. The second kappa shape index (κ2) is 6.52. The van der Waals surface area contributed by atoms with Crippen LogP contribution in [-0.4, -0.2) is 52.6 Å². The first kappa shape index (κ1) is 15.9. The monoisotopic (exact) mass is 308 g/mol. The molecule has 0 bridgehead atoms. The number of carbonyl (C=O) groups excluding carboxylic acids is 1. The largest absolute Gasteiger partial charge is 0.480 e. The van der Waals surface area contributed by atoms with E-state index in [1.54, 1.807) is 6.07 Å². The van der Waals surface area contributed by atoms with Crippen LogP contribution in [-0.2, 0) is 20.7 Å². The van der Waals surface area contributed by atoms with E-state index in [1.165, 1.54) is 30.2 Å². The Labute approximate surface area is 126 Å². The average molecular weight is 308 g/mol. The fourth-order valence-electron chi connectivity index (χ4n) is 2.53. The number of amides is 1. The van der Waals surface area contributed by atoms with E-state index in [4.69, 9.17) is 4.74 Å². The number of hydrogen-bond acceptors (Lipinski definition) is 5. The maximum absolute atomic E-state index is 12.3. The molecule has 1 heterocycles. The van der Waals surface area contributed by atoms with E-state index < -0.39 is 16.9 Å². The Balaban J connectivity index is 2.12. The lowest BCUT2D eigenvalue weighted by atomic mass is 10.1. The van der Waals surface area contributed by atoms with Gasteiger partial charge in [0.1, 0.15) is 6.04 Å². The van der Waals surface area contributed by atoms with Crippen molar-refractivity contribution < 1.29 is 24.4 Å². The van der Waals surface area contributed by atoms with Crippen molar-refractivity contribution in [3.05, 3.63) is 39.9 Å². The highest BCUT2D eigenvalue weighted by molar-refractivity contribution is 5.85. The quantitative estimate of drug-likeness (QED) is 0.637. The van der Waals surface area contributed by atoms with E-state index in [-0.39, 0.29) is 37.1 Å². The van der Waals surface area contributed by atoms with Gasteiger partial charge in [-0.05, 0) is 5.56 Å². The molecule has 1 amide bonds. The molecule has 1 aliphatic rings. The SMILES string of the molecule is COC1CC(C(=O)O)N(C(=O)Cc2cccc([N+](=O)[O-])c2)C1. The molecule has 0 aromatic heterocycles. The van der Waals surface area contributed by atoms with Crippen LogP contribution >= 0.6 is 0 Å². The third kappa shape index (κ3) is 3.40. The van der Waals surface area contributed by atoms with E-state index in [0.717, 1.165) is 0 Å². The molecule has 1 aromatic carbocycles. The molecule has 8 nitrogen and oxygen atoms in total. The minimum absolute atomic E-state index is 0.0815. The lowest BCUT2D eigenvalue weighted by Gasteiger charge is -2.21. The predicted molar refractivity (Wildman–Crippen MR) is 75.4 cm³/mol. The zero-order valence-electron chi connectivity index (χ0n) is 12.0. The Morgan fingerprint density at radius 1 is 1.50 bits per heavy atom. The molecule has 1 N–H and O–H groups in total. The van der Waals surface area contributed by atoms with Gasteiger partial charge in [-0.15, -0.1) is 0 Å². The zero-order chi connectivity index (χ0) is 16.3. The van der Waals surface area contributed by atoms with Crippen LogP contribution in [0.25, 0.3) is 0 Å². The molecule has 8 heteroatoms. The van der Waals surface area contributed by atoms with Crippen molar-refractivity contribution in [2.75, 3.05) is 13.7 Å². The minimum Gasteiger partial charge on any atom is -0.480 e. The number of methoxy groups -OCH3 is 1.